The van der Waals surface area contributed by atoms with Crippen molar-refractivity contribution >= 4 is 13.7 Å². The monoisotopic (exact) mass is 975 g/mol. The number of likely N-dealkylation sites (N-methyl/N-ethyl adjacent to an activating group) is 1. The molecule has 2 N–H and O–H groups in total. The first-order chi connectivity index (χ1) is 33.0. The number of allylic oxidation sites excluding steroid dienone is 9. The summed E-state index contributed by atoms with van der Waals surface area (Å²) >= 11 is 0. The highest BCUT2D eigenvalue weighted by Crippen LogP contribution is 2.38. The van der Waals surface area contributed by atoms with E-state index >= 15 is 0 Å². The van der Waals surface area contributed by atoms with Crippen molar-refractivity contribution in [2.75, 3.05) is 40.9 Å². The summed E-state index contributed by atoms with van der Waals surface area (Å²) in [5.41, 5.74) is 0. The number of phosphoric ester groups is 1. The van der Waals surface area contributed by atoms with Gasteiger partial charge in [0.2, 0.25) is 5.91 Å². The van der Waals surface area contributed by atoms with Gasteiger partial charge >= 0.3 is 0 Å². The van der Waals surface area contributed by atoms with Gasteiger partial charge in [-0.15, -0.1) is 0 Å². The molecule has 0 aliphatic carbocycles. The third kappa shape index (κ3) is 52.0. The van der Waals surface area contributed by atoms with Crippen molar-refractivity contribution in [2.24, 2.45) is 0 Å². The van der Waals surface area contributed by atoms with Gasteiger partial charge in [0.25, 0.3) is 7.82 Å². The Hall–Kier alpha value is -1.80. The van der Waals surface area contributed by atoms with Crippen LogP contribution in [-0.4, -0.2) is 68.5 Å². The van der Waals surface area contributed by atoms with E-state index in [1.165, 1.54) is 186 Å². The van der Waals surface area contributed by atoms with Gasteiger partial charge in [-0.25, -0.2) is 0 Å². The lowest BCUT2D eigenvalue weighted by atomic mass is 10.0. The van der Waals surface area contributed by atoms with Crippen molar-refractivity contribution in [1.82, 2.24) is 5.32 Å². The van der Waals surface area contributed by atoms with Crippen molar-refractivity contribution in [1.29, 1.82) is 0 Å². The van der Waals surface area contributed by atoms with Gasteiger partial charge in [-0.3, -0.25) is 9.36 Å². The van der Waals surface area contributed by atoms with E-state index in [-0.39, 0.29) is 12.5 Å². The Morgan fingerprint density at radius 1 is 0.515 bits per heavy atom. The molecule has 3 atom stereocenters. The first-order valence-corrected chi connectivity index (χ1v) is 30.1. The molecule has 398 valence electrons. The molecule has 3 unspecified atom stereocenters. The molecule has 0 aliphatic rings. The van der Waals surface area contributed by atoms with Crippen LogP contribution in [0.4, 0.5) is 0 Å². The summed E-state index contributed by atoms with van der Waals surface area (Å²) in [5, 5.41) is 13.9. The van der Waals surface area contributed by atoms with Crippen molar-refractivity contribution in [2.45, 2.75) is 270 Å². The third-order valence-electron chi connectivity index (χ3n) is 12.7. The van der Waals surface area contributed by atoms with Crippen molar-refractivity contribution in [3.05, 3.63) is 60.8 Å². The second-order valence-corrected chi connectivity index (χ2v) is 22.0. The maximum Gasteiger partial charge on any atom is 0.268 e. The number of carbonyl (C=O) groups excluding carboxylic acids is 1. The van der Waals surface area contributed by atoms with Gasteiger partial charge in [0.1, 0.15) is 13.2 Å². The van der Waals surface area contributed by atoms with Crippen LogP contribution >= 0.6 is 7.82 Å². The smallest absolute Gasteiger partial charge is 0.268 e. The molecule has 0 saturated carbocycles. The van der Waals surface area contributed by atoms with Gasteiger partial charge in [0.05, 0.1) is 39.9 Å². The summed E-state index contributed by atoms with van der Waals surface area (Å²) in [7, 11) is 1.24. The summed E-state index contributed by atoms with van der Waals surface area (Å²) in [6.45, 7) is 4.63. The number of quaternary nitrogens is 1. The van der Waals surface area contributed by atoms with E-state index in [0.29, 0.717) is 17.4 Å². The first kappa shape index (κ1) is 66.2. The van der Waals surface area contributed by atoms with Crippen LogP contribution in [0.3, 0.4) is 0 Å². The fourth-order valence-corrected chi connectivity index (χ4v) is 8.90. The molecule has 68 heavy (non-hydrogen) atoms. The number of aliphatic hydroxyl groups excluding tert-OH is 1. The molecule has 0 aromatic heterocycles. The van der Waals surface area contributed by atoms with E-state index in [9.17, 15) is 19.4 Å². The molecular formula is C59H111N2O6P. The molecule has 8 nitrogen and oxygen atoms in total. The molecule has 0 saturated heterocycles. The van der Waals surface area contributed by atoms with Gasteiger partial charge < -0.3 is 28.8 Å². The van der Waals surface area contributed by atoms with E-state index in [2.05, 4.69) is 67.8 Å². The topological polar surface area (TPSA) is 108 Å². The number of nitrogens with zero attached hydrogens (tertiary/aromatic N) is 1. The van der Waals surface area contributed by atoms with Crippen molar-refractivity contribution < 1.29 is 32.9 Å². The minimum absolute atomic E-state index is 0.00882. The molecule has 0 aromatic rings. The van der Waals surface area contributed by atoms with E-state index < -0.39 is 26.6 Å². The van der Waals surface area contributed by atoms with E-state index in [4.69, 9.17) is 9.05 Å². The summed E-state index contributed by atoms with van der Waals surface area (Å²) < 4.78 is 23.3. The lowest BCUT2D eigenvalue weighted by molar-refractivity contribution is -0.870. The Bertz CT molecular complexity index is 1290. The molecule has 0 spiro atoms. The molecule has 0 rings (SSSR count). The van der Waals surface area contributed by atoms with Crippen molar-refractivity contribution in [3.8, 4) is 0 Å². The number of aliphatic hydroxyl groups is 1. The van der Waals surface area contributed by atoms with Gasteiger partial charge in [0.15, 0.2) is 0 Å². The molecule has 0 fully saturated rings. The maximum absolute atomic E-state index is 13.0. The predicted molar refractivity (Wildman–Crippen MR) is 293 cm³/mol. The van der Waals surface area contributed by atoms with Crippen molar-refractivity contribution in [3.63, 3.8) is 0 Å². The van der Waals surface area contributed by atoms with E-state index in [1.807, 2.05) is 27.2 Å². The lowest BCUT2D eigenvalue weighted by Gasteiger charge is -2.29. The fraction of sp³-hybridized carbons (Fsp3) is 0.814. The average Bonchev–Trinajstić information content (AvgIpc) is 3.30. The number of nitrogens with one attached hydrogen (secondary N) is 1. The van der Waals surface area contributed by atoms with Gasteiger partial charge in [-0.1, -0.05) is 242 Å². The summed E-state index contributed by atoms with van der Waals surface area (Å²) in [6.07, 6.45) is 67.2. The highest BCUT2D eigenvalue weighted by atomic mass is 31.2. The molecule has 0 radical (unpaired) electrons. The van der Waals surface area contributed by atoms with Crippen LogP contribution in [0.15, 0.2) is 60.8 Å². The summed E-state index contributed by atoms with van der Waals surface area (Å²) in [5.74, 6) is -0.211. The molecule has 1 amide bonds. The zero-order valence-corrected chi connectivity index (χ0v) is 46.2. The Balaban J connectivity index is 4.28. The SMILES string of the molecule is CCCCCCC/C=C\C/C=C\C/C=C\CCCCCCCCCCCCC(=O)NC(COP(=O)([O-])OCC[N+](C)(C)C)C(O)/C=C/CC/C=C/CCCCCCCCCCCCCCCCC. The Labute approximate surface area is 422 Å². The molecule has 0 aliphatic heterocycles. The van der Waals surface area contributed by atoms with Crippen LogP contribution < -0.4 is 10.2 Å². The number of rotatable bonds is 52. The largest absolute Gasteiger partial charge is 0.756 e. The normalized spacial score (nSPS) is 14.4. The number of carbonyl (C=O) groups is 1. The second kappa shape index (κ2) is 50.2. The Kier molecular flexibility index (Phi) is 48.8. The zero-order chi connectivity index (χ0) is 49.9. The van der Waals surface area contributed by atoms with E-state index in [1.54, 1.807) is 6.08 Å². The minimum Gasteiger partial charge on any atom is -0.756 e. The quantitative estimate of drug-likeness (QED) is 0.0272. The van der Waals surface area contributed by atoms with Gasteiger partial charge in [-0.2, -0.15) is 0 Å². The van der Waals surface area contributed by atoms with Gasteiger partial charge in [0, 0.05) is 6.42 Å². The third-order valence-corrected chi connectivity index (χ3v) is 13.7. The first-order valence-electron chi connectivity index (χ1n) is 28.7. The summed E-state index contributed by atoms with van der Waals surface area (Å²) in [6, 6.07) is -0.908. The number of unbranched alkanes of at least 4 members (excludes halogenated alkanes) is 31. The number of phosphoric acid groups is 1. The Morgan fingerprint density at radius 3 is 1.29 bits per heavy atom. The fourth-order valence-electron chi connectivity index (χ4n) is 8.18. The number of amides is 1. The van der Waals surface area contributed by atoms with Gasteiger partial charge in [-0.05, 0) is 70.6 Å². The zero-order valence-electron chi connectivity index (χ0n) is 45.3. The lowest BCUT2D eigenvalue weighted by Crippen LogP contribution is -2.45. The number of hydrogen-bond donors (Lipinski definition) is 2. The summed E-state index contributed by atoms with van der Waals surface area (Å²) in [4.78, 5) is 25.5. The van der Waals surface area contributed by atoms with Crippen LogP contribution in [0.5, 0.6) is 0 Å². The van der Waals surface area contributed by atoms with E-state index in [0.717, 1.165) is 51.4 Å². The average molecular weight is 976 g/mol. The van der Waals surface area contributed by atoms with Crippen LogP contribution in [-0.2, 0) is 18.4 Å². The standard InChI is InChI=1S/C59H111N2O6P/c1-6-8-10-12-14-16-18-20-22-24-26-28-29-30-31-33-35-37-39-41-43-45-47-49-51-53-59(63)60-57(56-67-68(64,65)66-55-54-61(3,4)5)58(62)52-50-48-46-44-42-40-38-36-34-32-27-25-23-21-19-17-15-13-11-9-7-2/h18,20,24,26,29-30,42,44,50,52,57-58,62H,6-17,19,21-23,25,27-28,31-41,43,45-49,51,53-56H2,1-5H3,(H-,60,63,64,65)/b20-18-,26-24-,30-29-,44-42+,52-50+. The highest BCUT2D eigenvalue weighted by Gasteiger charge is 2.23. The molecule has 0 bridgehead atoms. The molecule has 9 heteroatoms. The Morgan fingerprint density at radius 2 is 0.868 bits per heavy atom. The van der Waals surface area contributed by atoms with Crippen LogP contribution in [0.1, 0.15) is 258 Å². The second-order valence-electron chi connectivity index (χ2n) is 20.6. The van der Waals surface area contributed by atoms with Crippen LogP contribution in [0.2, 0.25) is 0 Å². The molecular weight excluding hydrogens is 864 g/mol. The molecule has 0 aromatic carbocycles. The highest BCUT2D eigenvalue weighted by molar-refractivity contribution is 7.45. The molecule has 0 heterocycles. The minimum atomic E-state index is -4.61. The number of hydrogen-bond acceptors (Lipinski definition) is 6. The maximum atomic E-state index is 13.0. The van der Waals surface area contributed by atoms with Crippen LogP contribution in [0.25, 0.3) is 0 Å². The van der Waals surface area contributed by atoms with Crippen LogP contribution in [0, 0.1) is 0 Å². The predicted octanol–water partition coefficient (Wildman–Crippen LogP) is 16.7.